The molecule has 1 aromatic heterocycles. The van der Waals surface area contributed by atoms with E-state index < -0.39 is 0 Å². The second kappa shape index (κ2) is 7.68. The Morgan fingerprint density at radius 2 is 2.14 bits per heavy atom. The Bertz CT molecular complexity index is 428. The van der Waals surface area contributed by atoms with Crippen molar-refractivity contribution in [3.05, 3.63) is 16.1 Å². The van der Waals surface area contributed by atoms with Gasteiger partial charge in [-0.1, -0.05) is 6.42 Å². The van der Waals surface area contributed by atoms with Gasteiger partial charge in [0.1, 0.15) is 0 Å². The molecule has 0 radical (unpaired) electrons. The third-order valence-electron chi connectivity index (χ3n) is 4.74. The Kier molecular flexibility index (Phi) is 5.63. The first-order valence-corrected chi connectivity index (χ1v) is 9.23. The maximum Gasteiger partial charge on any atom is 0.0940 e. The van der Waals surface area contributed by atoms with E-state index in [1.54, 1.807) is 0 Å². The highest BCUT2D eigenvalue weighted by atomic mass is 32.1. The van der Waals surface area contributed by atoms with Gasteiger partial charge in [-0.3, -0.25) is 4.90 Å². The van der Waals surface area contributed by atoms with Gasteiger partial charge in [0.25, 0.3) is 0 Å². The molecule has 0 bridgehead atoms. The molecule has 2 saturated heterocycles. The van der Waals surface area contributed by atoms with Gasteiger partial charge in [-0.2, -0.15) is 0 Å². The van der Waals surface area contributed by atoms with E-state index in [2.05, 4.69) is 33.2 Å². The van der Waals surface area contributed by atoms with E-state index in [0.29, 0.717) is 0 Å². The largest absolute Gasteiger partial charge is 0.314 e. The zero-order chi connectivity index (χ0) is 14.5. The molecule has 2 aliphatic heterocycles. The number of likely N-dealkylation sites (tertiary alicyclic amines) is 1. The molecule has 21 heavy (non-hydrogen) atoms. The van der Waals surface area contributed by atoms with Crippen molar-refractivity contribution in [3.63, 3.8) is 0 Å². The maximum absolute atomic E-state index is 4.64. The van der Waals surface area contributed by atoms with Crippen LogP contribution in [0.1, 0.15) is 36.1 Å². The molecule has 0 saturated carbocycles. The van der Waals surface area contributed by atoms with E-state index in [9.17, 15) is 0 Å². The minimum atomic E-state index is 0.763. The van der Waals surface area contributed by atoms with Gasteiger partial charge < -0.3 is 10.2 Å². The van der Waals surface area contributed by atoms with Crippen molar-refractivity contribution in [3.8, 4) is 0 Å². The third kappa shape index (κ3) is 4.49. The van der Waals surface area contributed by atoms with Gasteiger partial charge in [0.05, 0.1) is 5.01 Å². The second-order valence-electron chi connectivity index (χ2n) is 6.38. The molecule has 118 valence electrons. The normalized spacial score (nSPS) is 25.3. The second-order valence-corrected chi connectivity index (χ2v) is 7.58. The average molecular weight is 308 g/mol. The summed E-state index contributed by atoms with van der Waals surface area (Å²) in [6.07, 6.45) is 7.37. The topological polar surface area (TPSA) is 31.4 Å². The highest BCUT2D eigenvalue weighted by molar-refractivity contribution is 7.11. The summed E-state index contributed by atoms with van der Waals surface area (Å²) >= 11 is 1.92. The first-order valence-electron chi connectivity index (χ1n) is 8.42. The van der Waals surface area contributed by atoms with Crippen LogP contribution >= 0.6 is 11.3 Å². The van der Waals surface area contributed by atoms with Crippen LogP contribution in [0.2, 0.25) is 0 Å². The van der Waals surface area contributed by atoms with Crippen LogP contribution in [-0.2, 0) is 13.0 Å². The molecule has 0 aromatic carbocycles. The Labute approximate surface area is 132 Å². The number of nitrogens with zero attached hydrogens (tertiary/aromatic N) is 3. The van der Waals surface area contributed by atoms with Crippen LogP contribution < -0.4 is 5.32 Å². The molecule has 1 aromatic rings. The lowest BCUT2D eigenvalue weighted by molar-refractivity contribution is 0.163. The number of thiazole rings is 1. The summed E-state index contributed by atoms with van der Waals surface area (Å²) in [5, 5.41) is 4.72. The number of piperazine rings is 1. The van der Waals surface area contributed by atoms with Crippen molar-refractivity contribution in [2.75, 3.05) is 39.3 Å². The standard InChI is InChI=1S/C16H28N4S/c1-14-4-2-3-8-20(14)9-5-16-18-12-15(21-16)13-19-10-6-17-7-11-19/h12,14,17H,2-11,13H2,1H3. The molecular weight excluding hydrogens is 280 g/mol. The van der Waals surface area contributed by atoms with Crippen molar-refractivity contribution in [2.45, 2.75) is 45.2 Å². The maximum atomic E-state index is 4.64. The van der Waals surface area contributed by atoms with Crippen molar-refractivity contribution < 1.29 is 0 Å². The summed E-state index contributed by atoms with van der Waals surface area (Å²) in [6.45, 7) is 10.5. The fourth-order valence-electron chi connectivity index (χ4n) is 3.36. The number of rotatable bonds is 5. The van der Waals surface area contributed by atoms with Gasteiger partial charge in [-0.05, 0) is 26.3 Å². The van der Waals surface area contributed by atoms with Crippen LogP contribution in [0.5, 0.6) is 0 Å². The smallest absolute Gasteiger partial charge is 0.0940 e. The molecule has 0 amide bonds. The Hall–Kier alpha value is -0.490. The lowest BCUT2D eigenvalue weighted by atomic mass is 10.0. The molecule has 2 aliphatic rings. The molecule has 2 fully saturated rings. The van der Waals surface area contributed by atoms with E-state index in [-0.39, 0.29) is 0 Å². The molecule has 3 heterocycles. The van der Waals surface area contributed by atoms with E-state index in [1.165, 1.54) is 55.3 Å². The number of aromatic nitrogens is 1. The van der Waals surface area contributed by atoms with E-state index in [0.717, 1.165) is 32.1 Å². The summed E-state index contributed by atoms with van der Waals surface area (Å²) in [7, 11) is 0. The van der Waals surface area contributed by atoms with Gasteiger partial charge >= 0.3 is 0 Å². The van der Waals surface area contributed by atoms with Crippen LogP contribution in [0.4, 0.5) is 0 Å². The fraction of sp³-hybridized carbons (Fsp3) is 0.812. The first kappa shape index (κ1) is 15.4. The van der Waals surface area contributed by atoms with Crippen LogP contribution in [0, 0.1) is 0 Å². The number of nitrogens with one attached hydrogen (secondary N) is 1. The molecular formula is C16H28N4S. The van der Waals surface area contributed by atoms with Crippen molar-refractivity contribution in [1.82, 2.24) is 20.1 Å². The summed E-state index contributed by atoms with van der Waals surface area (Å²) in [5.41, 5.74) is 0. The number of hydrogen-bond donors (Lipinski definition) is 1. The highest BCUT2D eigenvalue weighted by Crippen LogP contribution is 2.19. The molecule has 1 unspecified atom stereocenters. The highest BCUT2D eigenvalue weighted by Gasteiger charge is 2.18. The van der Waals surface area contributed by atoms with Crippen molar-refractivity contribution in [1.29, 1.82) is 0 Å². The lowest BCUT2D eigenvalue weighted by Crippen LogP contribution is -2.42. The first-order chi connectivity index (χ1) is 10.3. The molecule has 1 N–H and O–H groups in total. The monoisotopic (exact) mass is 308 g/mol. The molecule has 0 aliphatic carbocycles. The van der Waals surface area contributed by atoms with Crippen LogP contribution in [0.3, 0.4) is 0 Å². The Morgan fingerprint density at radius 3 is 2.95 bits per heavy atom. The SMILES string of the molecule is CC1CCCCN1CCc1ncc(CN2CCNCC2)s1. The zero-order valence-electron chi connectivity index (χ0n) is 13.2. The van der Waals surface area contributed by atoms with Crippen LogP contribution in [-0.4, -0.2) is 60.1 Å². The van der Waals surface area contributed by atoms with E-state index >= 15 is 0 Å². The molecule has 4 nitrogen and oxygen atoms in total. The predicted octanol–water partition coefficient (Wildman–Crippen LogP) is 1.97. The van der Waals surface area contributed by atoms with Crippen LogP contribution in [0.15, 0.2) is 6.20 Å². The summed E-state index contributed by atoms with van der Waals surface area (Å²) < 4.78 is 0. The summed E-state index contributed by atoms with van der Waals surface area (Å²) in [6, 6.07) is 0.763. The van der Waals surface area contributed by atoms with Gasteiger partial charge in [0.2, 0.25) is 0 Å². The van der Waals surface area contributed by atoms with E-state index in [4.69, 9.17) is 0 Å². The quantitative estimate of drug-likeness (QED) is 0.901. The molecule has 5 heteroatoms. The average Bonchev–Trinajstić information content (AvgIpc) is 2.95. The molecule has 0 spiro atoms. The van der Waals surface area contributed by atoms with Gasteiger partial charge in [0.15, 0.2) is 0 Å². The fourth-order valence-corrected chi connectivity index (χ4v) is 4.31. The van der Waals surface area contributed by atoms with Crippen molar-refractivity contribution >= 4 is 11.3 Å². The summed E-state index contributed by atoms with van der Waals surface area (Å²) in [4.78, 5) is 11.2. The predicted molar refractivity (Wildman–Crippen MR) is 88.9 cm³/mol. The Morgan fingerprint density at radius 1 is 1.29 bits per heavy atom. The minimum absolute atomic E-state index is 0.763. The van der Waals surface area contributed by atoms with Crippen molar-refractivity contribution in [2.24, 2.45) is 0 Å². The van der Waals surface area contributed by atoms with Gasteiger partial charge in [-0.25, -0.2) is 4.98 Å². The van der Waals surface area contributed by atoms with Gasteiger partial charge in [0, 0.05) is 62.8 Å². The Balaban J connectivity index is 1.45. The lowest BCUT2D eigenvalue weighted by Gasteiger charge is -2.33. The molecule has 3 rings (SSSR count). The molecule has 1 atom stereocenters. The minimum Gasteiger partial charge on any atom is -0.314 e. The van der Waals surface area contributed by atoms with E-state index in [1.807, 2.05) is 11.3 Å². The third-order valence-corrected chi connectivity index (χ3v) is 5.79. The van der Waals surface area contributed by atoms with Crippen LogP contribution in [0.25, 0.3) is 0 Å². The van der Waals surface area contributed by atoms with Gasteiger partial charge in [-0.15, -0.1) is 11.3 Å². The zero-order valence-corrected chi connectivity index (χ0v) is 14.0. The summed E-state index contributed by atoms with van der Waals surface area (Å²) in [5.74, 6) is 0. The number of piperidine rings is 1. The number of hydrogen-bond acceptors (Lipinski definition) is 5.